The van der Waals surface area contributed by atoms with Crippen molar-refractivity contribution in [3.8, 4) is 11.3 Å². The molecular weight excluding hydrogens is 791 g/mol. The molecule has 0 aliphatic rings. The minimum absolute atomic E-state index is 0.192. The number of anilines is 2. The Bertz CT molecular complexity index is 1660. The Morgan fingerprint density at radius 2 is 1.49 bits per heavy atom. The van der Waals surface area contributed by atoms with Crippen LogP contribution in [0.25, 0.3) is 22.3 Å². The molecule has 15 nitrogen and oxygen atoms in total. The second-order valence-electron chi connectivity index (χ2n) is 12.2. The summed E-state index contributed by atoms with van der Waals surface area (Å²) in [6.45, 7) is 12.4. The standard InChI is InChI=1S/C34H47IN8O7S/c1-5-13-42-24-26(23-38-42)29-28-10-14-43(51-35)30(28)41-32(40-29)39-27-8-6-25(7-9-27)31(44)36-11-15-46-17-19-48-21-22-49-20-18-47-16-12-37-33(45)50-34(2,3)4/h6-10,14,23-24H,5,11-13,15-22H2,1-4H3,(H,36,44)(H,37,45)(H,39,40,41). The van der Waals surface area contributed by atoms with Crippen molar-refractivity contribution in [3.63, 3.8) is 0 Å². The summed E-state index contributed by atoms with van der Waals surface area (Å²) in [7, 11) is 1.53. The largest absolute Gasteiger partial charge is 0.444 e. The average molecular weight is 839 g/mol. The Labute approximate surface area is 314 Å². The van der Waals surface area contributed by atoms with Gasteiger partial charge in [-0.15, -0.1) is 0 Å². The molecule has 0 aliphatic carbocycles. The lowest BCUT2D eigenvalue weighted by atomic mass is 10.2. The Hall–Kier alpha value is -3.49. The van der Waals surface area contributed by atoms with Crippen molar-refractivity contribution in [1.82, 2.24) is 34.4 Å². The molecule has 1 aromatic carbocycles. The zero-order chi connectivity index (χ0) is 36.5. The third-order valence-electron chi connectivity index (χ3n) is 6.91. The number of aryl methyl sites for hydroxylation is 1. The number of rotatable bonds is 22. The molecule has 0 aliphatic heterocycles. The van der Waals surface area contributed by atoms with Crippen molar-refractivity contribution in [2.24, 2.45) is 0 Å². The SMILES string of the molecule is CCCn1cc(-c2nc(Nc3ccc(C(=O)NCCOCCOCCOCCOCCNC(=O)OC(C)(C)C)cc3)nc3c2ccn3SI)cn1. The summed E-state index contributed by atoms with van der Waals surface area (Å²) >= 11 is 2.23. The molecule has 4 aromatic rings. The van der Waals surface area contributed by atoms with Crippen LogP contribution in [0.5, 0.6) is 0 Å². The summed E-state index contributed by atoms with van der Waals surface area (Å²) in [4.78, 5) is 33.8. The van der Waals surface area contributed by atoms with Crippen LogP contribution in [0.15, 0.2) is 48.9 Å². The first-order valence-corrected chi connectivity index (χ1v) is 20.1. The fourth-order valence-electron chi connectivity index (χ4n) is 4.63. The second-order valence-corrected chi connectivity index (χ2v) is 13.9. The average Bonchev–Trinajstić information content (AvgIpc) is 3.74. The van der Waals surface area contributed by atoms with Gasteiger partial charge in [-0.1, -0.05) is 6.92 Å². The van der Waals surface area contributed by atoms with Gasteiger partial charge in [0.15, 0.2) is 5.65 Å². The molecule has 17 heteroatoms. The van der Waals surface area contributed by atoms with Gasteiger partial charge >= 0.3 is 6.09 Å². The maximum Gasteiger partial charge on any atom is 0.407 e. The number of amides is 2. The van der Waals surface area contributed by atoms with E-state index in [9.17, 15) is 9.59 Å². The van der Waals surface area contributed by atoms with E-state index in [0.717, 1.165) is 40.9 Å². The number of nitrogens with one attached hydrogen (secondary N) is 3. The van der Waals surface area contributed by atoms with Crippen molar-refractivity contribution in [2.75, 3.05) is 71.3 Å². The fraction of sp³-hybridized carbons (Fsp3) is 0.500. The molecule has 0 radical (unpaired) electrons. The van der Waals surface area contributed by atoms with Gasteiger partial charge < -0.3 is 39.6 Å². The molecule has 3 aromatic heterocycles. The van der Waals surface area contributed by atoms with E-state index >= 15 is 0 Å². The lowest BCUT2D eigenvalue weighted by molar-refractivity contribution is -0.00142. The zero-order valence-corrected chi connectivity index (χ0v) is 32.5. The van der Waals surface area contributed by atoms with Gasteiger partial charge in [0.1, 0.15) is 5.60 Å². The monoisotopic (exact) mass is 838 g/mol. The molecule has 0 fully saturated rings. The molecule has 0 saturated heterocycles. The number of hydrogen-bond acceptors (Lipinski definition) is 12. The Morgan fingerprint density at radius 1 is 0.863 bits per heavy atom. The molecule has 2 amide bonds. The van der Waals surface area contributed by atoms with Gasteiger partial charge in [0, 0.05) is 84.6 Å². The van der Waals surface area contributed by atoms with E-state index in [2.05, 4.69) is 49.2 Å². The predicted molar refractivity (Wildman–Crippen MR) is 206 cm³/mol. The number of nitrogens with zero attached hydrogens (tertiary/aromatic N) is 5. The van der Waals surface area contributed by atoms with E-state index in [1.54, 1.807) is 12.1 Å². The summed E-state index contributed by atoms with van der Waals surface area (Å²) < 4.78 is 31.0. The highest BCUT2D eigenvalue weighted by Crippen LogP contribution is 2.32. The smallest absolute Gasteiger partial charge is 0.407 e. The number of fused-ring (bicyclic) bond motifs is 1. The molecule has 0 unspecified atom stereocenters. The van der Waals surface area contributed by atoms with Crippen LogP contribution < -0.4 is 16.0 Å². The van der Waals surface area contributed by atoms with Crippen LogP contribution in [0.4, 0.5) is 16.4 Å². The second kappa shape index (κ2) is 21.1. The molecule has 278 valence electrons. The third-order valence-corrected chi connectivity index (χ3v) is 8.63. The first-order chi connectivity index (χ1) is 24.7. The summed E-state index contributed by atoms with van der Waals surface area (Å²) in [6.07, 6.45) is 6.34. The van der Waals surface area contributed by atoms with Gasteiger partial charge in [-0.25, -0.2) is 9.78 Å². The number of alkyl carbamates (subject to hydrolysis) is 1. The van der Waals surface area contributed by atoms with Gasteiger partial charge in [-0.3, -0.25) is 13.4 Å². The number of ether oxygens (including phenoxy) is 5. The normalized spacial score (nSPS) is 11.5. The summed E-state index contributed by atoms with van der Waals surface area (Å²) in [6, 6.07) is 9.17. The van der Waals surface area contributed by atoms with E-state index in [-0.39, 0.29) is 5.91 Å². The molecule has 3 heterocycles. The van der Waals surface area contributed by atoms with E-state index in [1.165, 1.54) is 9.12 Å². The van der Waals surface area contributed by atoms with E-state index in [1.807, 2.05) is 66.2 Å². The Kier molecular flexibility index (Phi) is 16.7. The molecule has 3 N–H and O–H groups in total. The molecule has 0 atom stereocenters. The van der Waals surface area contributed by atoms with Crippen molar-refractivity contribution in [2.45, 2.75) is 46.3 Å². The highest BCUT2D eigenvalue weighted by molar-refractivity contribution is 14.2. The van der Waals surface area contributed by atoms with Crippen LogP contribution in [0.1, 0.15) is 44.5 Å². The van der Waals surface area contributed by atoms with E-state index in [4.69, 9.17) is 33.7 Å². The number of carbonyl (C=O) groups excluding carboxylic acids is 2. The lowest BCUT2D eigenvalue weighted by Crippen LogP contribution is -2.34. The first kappa shape index (κ1) is 40.3. The number of benzene rings is 1. The highest BCUT2D eigenvalue weighted by Gasteiger charge is 2.17. The molecule has 51 heavy (non-hydrogen) atoms. The molecule has 4 rings (SSSR count). The number of hydrogen-bond donors (Lipinski definition) is 3. The molecular formula is C34H47IN8O7S. The maximum atomic E-state index is 12.7. The summed E-state index contributed by atoms with van der Waals surface area (Å²) in [5.41, 5.74) is 3.28. The third kappa shape index (κ3) is 13.9. The van der Waals surface area contributed by atoms with Crippen LogP contribution in [0.2, 0.25) is 0 Å². The minimum Gasteiger partial charge on any atom is -0.444 e. The van der Waals surface area contributed by atoms with Gasteiger partial charge in [-0.2, -0.15) is 10.1 Å². The Morgan fingerprint density at radius 3 is 2.10 bits per heavy atom. The fourth-order valence-corrected chi connectivity index (χ4v) is 5.90. The van der Waals surface area contributed by atoms with Crippen molar-refractivity contribution in [1.29, 1.82) is 0 Å². The number of aromatic nitrogens is 5. The predicted octanol–water partition coefficient (Wildman–Crippen LogP) is 5.62. The van der Waals surface area contributed by atoms with Crippen LogP contribution in [0.3, 0.4) is 0 Å². The van der Waals surface area contributed by atoms with E-state index < -0.39 is 11.7 Å². The number of halogens is 1. The Balaban J connectivity index is 1.08. The van der Waals surface area contributed by atoms with Crippen LogP contribution >= 0.6 is 30.3 Å². The lowest BCUT2D eigenvalue weighted by Gasteiger charge is -2.19. The molecule has 0 bridgehead atoms. The van der Waals surface area contributed by atoms with Crippen molar-refractivity contribution in [3.05, 3.63) is 54.5 Å². The molecule has 0 saturated carbocycles. The van der Waals surface area contributed by atoms with Crippen LogP contribution in [-0.4, -0.2) is 107 Å². The van der Waals surface area contributed by atoms with Crippen molar-refractivity contribution < 1.29 is 33.3 Å². The quantitative estimate of drug-likeness (QED) is 0.0663. The summed E-state index contributed by atoms with van der Waals surface area (Å²) in [5.74, 6) is 0.257. The minimum atomic E-state index is -0.525. The van der Waals surface area contributed by atoms with Crippen LogP contribution in [-0.2, 0) is 30.2 Å². The summed E-state index contributed by atoms with van der Waals surface area (Å²) in [5, 5.41) is 14.2. The van der Waals surface area contributed by atoms with Crippen LogP contribution in [0, 0.1) is 0 Å². The number of carbonyl (C=O) groups is 2. The zero-order valence-electron chi connectivity index (χ0n) is 29.5. The van der Waals surface area contributed by atoms with Gasteiger partial charge in [0.25, 0.3) is 5.91 Å². The van der Waals surface area contributed by atoms with Gasteiger partial charge in [0.2, 0.25) is 5.95 Å². The maximum absolute atomic E-state index is 12.7. The highest BCUT2D eigenvalue weighted by atomic mass is 127. The van der Waals surface area contributed by atoms with Gasteiger partial charge in [-0.05, 0) is 57.5 Å². The van der Waals surface area contributed by atoms with Crippen molar-refractivity contribution >= 4 is 65.0 Å². The topological polar surface area (TPSA) is 165 Å². The molecule has 0 spiro atoms. The van der Waals surface area contributed by atoms with E-state index in [0.29, 0.717) is 77.5 Å². The first-order valence-electron chi connectivity index (χ1n) is 16.8. The van der Waals surface area contributed by atoms with Gasteiger partial charge in [0.05, 0.1) is 64.7 Å².